The average molecular weight is 224 g/mol. The molecule has 2 N–H and O–H groups in total. The normalized spacial score (nSPS) is 9.65. The van der Waals surface area contributed by atoms with Gasteiger partial charge in [-0.3, -0.25) is 0 Å². The van der Waals surface area contributed by atoms with Crippen molar-refractivity contribution in [3.63, 3.8) is 0 Å². The van der Waals surface area contributed by atoms with Crippen molar-refractivity contribution in [3.8, 4) is 6.07 Å². The molecule has 0 spiro atoms. The molecule has 0 radical (unpaired) electrons. The second-order valence-corrected chi connectivity index (χ2v) is 3.63. The van der Waals surface area contributed by atoms with E-state index in [1.165, 1.54) is 0 Å². The van der Waals surface area contributed by atoms with E-state index in [2.05, 4.69) is 11.1 Å². The molecule has 0 saturated heterocycles. The molecule has 0 aliphatic heterocycles. The van der Waals surface area contributed by atoms with Gasteiger partial charge in [0.25, 0.3) is 0 Å². The lowest BCUT2D eigenvalue weighted by Crippen LogP contribution is -2.11. The molecule has 17 heavy (non-hydrogen) atoms. The number of nitrogens with zero attached hydrogens (tertiary/aromatic N) is 3. The number of para-hydroxylation sites is 1. The van der Waals surface area contributed by atoms with Gasteiger partial charge in [0, 0.05) is 7.05 Å². The van der Waals surface area contributed by atoms with Gasteiger partial charge in [-0.1, -0.05) is 12.1 Å². The molecule has 1 aromatic carbocycles. The SMILES string of the molecule is CN(c1ccc(N)nc1)c1ccccc1C#N. The molecule has 2 aromatic rings. The van der Waals surface area contributed by atoms with E-state index in [0.717, 1.165) is 11.4 Å². The van der Waals surface area contributed by atoms with E-state index in [1.54, 1.807) is 18.3 Å². The number of nitrogen functional groups attached to an aromatic ring is 1. The number of rotatable bonds is 2. The first-order valence-corrected chi connectivity index (χ1v) is 5.17. The fourth-order valence-corrected chi connectivity index (χ4v) is 1.60. The van der Waals surface area contributed by atoms with Crippen LogP contribution >= 0.6 is 0 Å². The first kappa shape index (κ1) is 11.0. The summed E-state index contributed by atoms with van der Waals surface area (Å²) in [7, 11) is 1.89. The monoisotopic (exact) mass is 224 g/mol. The molecule has 84 valence electrons. The standard InChI is InChI=1S/C13H12N4/c1-17(11-6-7-13(15)16-9-11)12-5-3-2-4-10(12)8-14/h2-7,9H,1H3,(H2,15,16). The van der Waals surface area contributed by atoms with E-state index in [0.29, 0.717) is 11.4 Å². The van der Waals surface area contributed by atoms with Crippen molar-refractivity contribution in [2.45, 2.75) is 0 Å². The van der Waals surface area contributed by atoms with Gasteiger partial charge in [0.2, 0.25) is 0 Å². The predicted octanol–water partition coefficient (Wildman–Crippen LogP) is 2.30. The summed E-state index contributed by atoms with van der Waals surface area (Å²) in [6.07, 6.45) is 1.68. The highest BCUT2D eigenvalue weighted by Gasteiger charge is 2.08. The Labute approximate surface area is 99.9 Å². The molecule has 0 unspecified atom stereocenters. The fraction of sp³-hybridized carbons (Fsp3) is 0.0769. The van der Waals surface area contributed by atoms with Crippen LogP contribution < -0.4 is 10.6 Å². The van der Waals surface area contributed by atoms with E-state index in [-0.39, 0.29) is 0 Å². The number of aromatic nitrogens is 1. The molecule has 4 heteroatoms. The Kier molecular flexibility index (Phi) is 2.93. The second kappa shape index (κ2) is 4.54. The summed E-state index contributed by atoms with van der Waals surface area (Å²) in [4.78, 5) is 5.94. The van der Waals surface area contributed by atoms with E-state index in [4.69, 9.17) is 11.0 Å². The first-order valence-electron chi connectivity index (χ1n) is 5.17. The van der Waals surface area contributed by atoms with Crippen molar-refractivity contribution in [2.75, 3.05) is 17.7 Å². The fourth-order valence-electron chi connectivity index (χ4n) is 1.60. The summed E-state index contributed by atoms with van der Waals surface area (Å²) in [5.41, 5.74) is 7.91. The zero-order valence-corrected chi connectivity index (χ0v) is 9.46. The summed E-state index contributed by atoms with van der Waals surface area (Å²) in [5, 5.41) is 9.05. The quantitative estimate of drug-likeness (QED) is 0.850. The minimum atomic E-state index is 0.482. The van der Waals surface area contributed by atoms with Gasteiger partial charge >= 0.3 is 0 Å². The Morgan fingerprint density at radius 2 is 2.00 bits per heavy atom. The third-order valence-electron chi connectivity index (χ3n) is 2.54. The van der Waals surface area contributed by atoms with Crippen LogP contribution in [0.2, 0.25) is 0 Å². The van der Waals surface area contributed by atoms with Crippen molar-refractivity contribution < 1.29 is 0 Å². The molecule has 0 saturated carbocycles. The molecule has 0 aliphatic rings. The molecule has 0 atom stereocenters. The highest BCUT2D eigenvalue weighted by Crippen LogP contribution is 2.26. The molecule has 1 aromatic heterocycles. The zero-order chi connectivity index (χ0) is 12.3. The van der Waals surface area contributed by atoms with E-state index in [1.807, 2.05) is 36.2 Å². The van der Waals surface area contributed by atoms with Gasteiger partial charge in [0.15, 0.2) is 0 Å². The van der Waals surface area contributed by atoms with Gasteiger partial charge in [-0.25, -0.2) is 4.98 Å². The summed E-state index contributed by atoms with van der Waals surface area (Å²) >= 11 is 0. The maximum Gasteiger partial charge on any atom is 0.123 e. The smallest absolute Gasteiger partial charge is 0.123 e. The van der Waals surface area contributed by atoms with Crippen LogP contribution in [0.3, 0.4) is 0 Å². The third-order valence-corrected chi connectivity index (χ3v) is 2.54. The van der Waals surface area contributed by atoms with Gasteiger partial charge in [0.05, 0.1) is 23.1 Å². The maximum absolute atomic E-state index is 9.05. The van der Waals surface area contributed by atoms with Crippen LogP contribution in [0.25, 0.3) is 0 Å². The first-order chi connectivity index (χ1) is 8.22. The average Bonchev–Trinajstić information content (AvgIpc) is 2.39. The summed E-state index contributed by atoms with van der Waals surface area (Å²) in [6.45, 7) is 0. The van der Waals surface area contributed by atoms with Crippen molar-refractivity contribution in [3.05, 3.63) is 48.2 Å². The summed E-state index contributed by atoms with van der Waals surface area (Å²) in [6, 6.07) is 13.2. The van der Waals surface area contributed by atoms with Gasteiger partial charge in [-0.2, -0.15) is 5.26 Å². The molecule has 0 fully saturated rings. The molecular weight excluding hydrogens is 212 g/mol. The Morgan fingerprint density at radius 1 is 1.24 bits per heavy atom. The topological polar surface area (TPSA) is 65.9 Å². The largest absolute Gasteiger partial charge is 0.384 e. The van der Waals surface area contributed by atoms with Crippen LogP contribution in [0.5, 0.6) is 0 Å². The number of nitriles is 1. The minimum absolute atomic E-state index is 0.482. The maximum atomic E-state index is 9.05. The Balaban J connectivity index is 2.40. The van der Waals surface area contributed by atoms with Crippen molar-refractivity contribution in [1.82, 2.24) is 4.98 Å². The number of anilines is 3. The van der Waals surface area contributed by atoms with Crippen LogP contribution in [-0.2, 0) is 0 Å². The van der Waals surface area contributed by atoms with E-state index >= 15 is 0 Å². The second-order valence-electron chi connectivity index (χ2n) is 3.63. The lowest BCUT2D eigenvalue weighted by molar-refractivity contribution is 1.17. The van der Waals surface area contributed by atoms with Crippen LogP contribution in [0.15, 0.2) is 42.6 Å². The number of hydrogen-bond acceptors (Lipinski definition) is 4. The van der Waals surface area contributed by atoms with E-state index < -0.39 is 0 Å². The van der Waals surface area contributed by atoms with Crippen LogP contribution in [-0.4, -0.2) is 12.0 Å². The molecule has 4 nitrogen and oxygen atoms in total. The summed E-state index contributed by atoms with van der Waals surface area (Å²) in [5.74, 6) is 0.482. The number of hydrogen-bond donors (Lipinski definition) is 1. The highest BCUT2D eigenvalue weighted by molar-refractivity contribution is 5.68. The van der Waals surface area contributed by atoms with Gasteiger partial charge in [-0.05, 0) is 24.3 Å². The van der Waals surface area contributed by atoms with Gasteiger partial charge in [0.1, 0.15) is 11.9 Å². The van der Waals surface area contributed by atoms with Gasteiger partial charge < -0.3 is 10.6 Å². The third kappa shape index (κ3) is 2.18. The highest BCUT2D eigenvalue weighted by atomic mass is 15.1. The molecular formula is C13H12N4. The van der Waals surface area contributed by atoms with Crippen molar-refractivity contribution in [2.24, 2.45) is 0 Å². The minimum Gasteiger partial charge on any atom is -0.384 e. The van der Waals surface area contributed by atoms with Crippen LogP contribution in [0.4, 0.5) is 17.2 Å². The zero-order valence-electron chi connectivity index (χ0n) is 9.46. The number of nitrogens with two attached hydrogens (primary N) is 1. The Bertz CT molecular complexity index is 554. The lowest BCUT2D eigenvalue weighted by atomic mass is 10.1. The van der Waals surface area contributed by atoms with Gasteiger partial charge in [-0.15, -0.1) is 0 Å². The van der Waals surface area contributed by atoms with Crippen LogP contribution in [0, 0.1) is 11.3 Å². The van der Waals surface area contributed by atoms with Crippen LogP contribution in [0.1, 0.15) is 5.56 Å². The Morgan fingerprint density at radius 3 is 2.65 bits per heavy atom. The molecule has 1 heterocycles. The molecule has 0 bridgehead atoms. The van der Waals surface area contributed by atoms with Crippen molar-refractivity contribution in [1.29, 1.82) is 5.26 Å². The molecule has 0 amide bonds. The number of pyridine rings is 1. The molecule has 2 rings (SSSR count). The predicted molar refractivity (Wildman–Crippen MR) is 67.9 cm³/mol. The Hall–Kier alpha value is -2.54. The number of benzene rings is 1. The van der Waals surface area contributed by atoms with Crippen molar-refractivity contribution >= 4 is 17.2 Å². The lowest BCUT2D eigenvalue weighted by Gasteiger charge is -2.20. The molecule has 0 aliphatic carbocycles. The summed E-state index contributed by atoms with van der Waals surface area (Å²) < 4.78 is 0. The van der Waals surface area contributed by atoms with E-state index in [9.17, 15) is 0 Å².